The Bertz CT molecular complexity index is 369. The van der Waals surface area contributed by atoms with Gasteiger partial charge in [0.2, 0.25) is 0 Å². The Morgan fingerprint density at radius 3 is 2.65 bits per heavy atom. The third kappa shape index (κ3) is 4.48. The maximum atomic E-state index is 12.0. The molecule has 2 unspecified atom stereocenters. The largest absolute Gasteiger partial charge is 0.494 e. The molecule has 3 heteroatoms. The molecule has 0 aromatic heterocycles. The topological polar surface area (TPSA) is 18.5 Å². The highest BCUT2D eigenvalue weighted by atomic mass is 19.1. The van der Waals surface area contributed by atoms with Crippen LogP contribution >= 0.6 is 0 Å². The molecule has 1 fully saturated rings. The van der Waals surface area contributed by atoms with Crippen molar-refractivity contribution in [1.82, 2.24) is 0 Å². The van der Waals surface area contributed by atoms with E-state index in [1.807, 2.05) is 12.1 Å². The summed E-state index contributed by atoms with van der Waals surface area (Å²) >= 11 is 0. The first kappa shape index (κ1) is 15.3. The second-order valence-electron chi connectivity index (χ2n) is 5.51. The molecule has 0 spiro atoms. The van der Waals surface area contributed by atoms with E-state index in [0.717, 1.165) is 24.7 Å². The van der Waals surface area contributed by atoms with Crippen LogP contribution in [0.5, 0.6) is 5.75 Å². The van der Waals surface area contributed by atoms with Crippen molar-refractivity contribution in [3.8, 4) is 5.75 Å². The summed E-state index contributed by atoms with van der Waals surface area (Å²) in [6.07, 6.45) is 5.55. The molecule has 0 aliphatic carbocycles. The second kappa shape index (κ2) is 8.25. The summed E-state index contributed by atoms with van der Waals surface area (Å²) in [5.41, 5.74) is 1.22. The number of alkyl halides is 1. The summed E-state index contributed by atoms with van der Waals surface area (Å²) in [7, 11) is 0. The van der Waals surface area contributed by atoms with Gasteiger partial charge in [-0.1, -0.05) is 25.5 Å². The van der Waals surface area contributed by atoms with Crippen LogP contribution in [0.15, 0.2) is 24.3 Å². The molecule has 1 aliphatic rings. The molecular formula is C17H25FO2. The molecule has 1 aliphatic heterocycles. The first-order valence-corrected chi connectivity index (χ1v) is 7.73. The molecule has 2 nitrogen and oxygen atoms in total. The first-order chi connectivity index (χ1) is 9.83. The van der Waals surface area contributed by atoms with Crippen LogP contribution in [0.1, 0.15) is 50.7 Å². The number of hydrogen-bond donors (Lipinski definition) is 0. The zero-order valence-electron chi connectivity index (χ0n) is 12.3. The van der Waals surface area contributed by atoms with Gasteiger partial charge in [-0.2, -0.15) is 0 Å². The fourth-order valence-corrected chi connectivity index (χ4v) is 2.73. The molecule has 20 heavy (non-hydrogen) atoms. The molecule has 0 bridgehead atoms. The second-order valence-corrected chi connectivity index (χ2v) is 5.51. The lowest BCUT2D eigenvalue weighted by Gasteiger charge is -2.29. The standard InChI is InChI=1S/C17H25FO2/c1-2-4-14-5-10-17(20-13-14)15-6-8-16(9-7-15)19-12-3-11-18/h6-9,14,17H,2-5,10-13H2,1H3. The van der Waals surface area contributed by atoms with Gasteiger partial charge in [0.05, 0.1) is 26.0 Å². The number of hydrogen-bond acceptors (Lipinski definition) is 2. The van der Waals surface area contributed by atoms with Crippen molar-refractivity contribution in [2.45, 2.75) is 45.1 Å². The predicted molar refractivity (Wildman–Crippen MR) is 78.9 cm³/mol. The van der Waals surface area contributed by atoms with Gasteiger partial charge in [0, 0.05) is 6.42 Å². The molecule has 1 aromatic carbocycles. The van der Waals surface area contributed by atoms with Crippen LogP contribution in [0.25, 0.3) is 0 Å². The van der Waals surface area contributed by atoms with Crippen LogP contribution < -0.4 is 4.74 Å². The highest BCUT2D eigenvalue weighted by molar-refractivity contribution is 5.28. The van der Waals surface area contributed by atoms with Gasteiger partial charge >= 0.3 is 0 Å². The van der Waals surface area contributed by atoms with E-state index in [1.165, 1.54) is 24.8 Å². The van der Waals surface area contributed by atoms with E-state index in [4.69, 9.17) is 9.47 Å². The quantitative estimate of drug-likeness (QED) is 0.674. The van der Waals surface area contributed by atoms with Gasteiger partial charge < -0.3 is 9.47 Å². The van der Waals surface area contributed by atoms with E-state index >= 15 is 0 Å². The molecule has 1 saturated heterocycles. The minimum absolute atomic E-state index is 0.225. The monoisotopic (exact) mass is 280 g/mol. The van der Waals surface area contributed by atoms with Crippen molar-refractivity contribution in [2.75, 3.05) is 19.9 Å². The molecule has 2 atom stereocenters. The Kier molecular flexibility index (Phi) is 6.31. The van der Waals surface area contributed by atoms with E-state index in [1.54, 1.807) is 0 Å². The third-order valence-electron chi connectivity index (χ3n) is 3.87. The molecule has 2 rings (SSSR count). The minimum atomic E-state index is -0.326. The Morgan fingerprint density at radius 2 is 2.05 bits per heavy atom. The lowest BCUT2D eigenvalue weighted by Crippen LogP contribution is -2.20. The zero-order valence-corrected chi connectivity index (χ0v) is 12.3. The van der Waals surface area contributed by atoms with Crippen molar-refractivity contribution in [3.05, 3.63) is 29.8 Å². The summed E-state index contributed by atoms with van der Waals surface area (Å²) in [5, 5.41) is 0. The van der Waals surface area contributed by atoms with Gasteiger partial charge in [-0.15, -0.1) is 0 Å². The molecule has 0 N–H and O–H groups in total. The van der Waals surface area contributed by atoms with Crippen molar-refractivity contribution in [2.24, 2.45) is 5.92 Å². The SMILES string of the molecule is CCCC1CCC(c2ccc(OCCCF)cc2)OC1. The summed E-state index contributed by atoms with van der Waals surface area (Å²) in [4.78, 5) is 0. The first-order valence-electron chi connectivity index (χ1n) is 7.73. The summed E-state index contributed by atoms with van der Waals surface area (Å²) in [6, 6.07) is 8.04. The van der Waals surface area contributed by atoms with Gasteiger partial charge in [0.1, 0.15) is 5.75 Å². The molecule has 0 saturated carbocycles. The normalized spacial score (nSPS) is 22.7. The molecule has 0 radical (unpaired) electrons. The highest BCUT2D eigenvalue weighted by Crippen LogP contribution is 2.32. The Morgan fingerprint density at radius 1 is 1.25 bits per heavy atom. The Hall–Kier alpha value is -1.09. The molecule has 1 aromatic rings. The van der Waals surface area contributed by atoms with Crippen molar-refractivity contribution >= 4 is 0 Å². The van der Waals surface area contributed by atoms with Gasteiger partial charge in [-0.3, -0.25) is 4.39 Å². The van der Waals surface area contributed by atoms with Crippen molar-refractivity contribution < 1.29 is 13.9 Å². The maximum Gasteiger partial charge on any atom is 0.119 e. The fourth-order valence-electron chi connectivity index (χ4n) is 2.73. The lowest BCUT2D eigenvalue weighted by molar-refractivity contribution is -0.0194. The molecular weight excluding hydrogens is 255 g/mol. The predicted octanol–water partition coefficient (Wildman–Crippen LogP) is 4.69. The van der Waals surface area contributed by atoms with Crippen LogP contribution in [0.4, 0.5) is 4.39 Å². The molecule has 112 valence electrons. The lowest BCUT2D eigenvalue weighted by atomic mass is 9.92. The van der Waals surface area contributed by atoms with Gasteiger partial charge in [0.15, 0.2) is 0 Å². The minimum Gasteiger partial charge on any atom is -0.494 e. The van der Waals surface area contributed by atoms with E-state index in [0.29, 0.717) is 13.0 Å². The molecule has 1 heterocycles. The smallest absolute Gasteiger partial charge is 0.119 e. The van der Waals surface area contributed by atoms with Crippen LogP contribution in [-0.2, 0) is 4.74 Å². The Balaban J connectivity index is 1.81. The van der Waals surface area contributed by atoms with Gasteiger partial charge in [0.25, 0.3) is 0 Å². The number of halogens is 1. The maximum absolute atomic E-state index is 12.0. The fraction of sp³-hybridized carbons (Fsp3) is 0.647. The van der Waals surface area contributed by atoms with E-state index in [9.17, 15) is 4.39 Å². The average molecular weight is 280 g/mol. The summed E-state index contributed by atoms with van der Waals surface area (Å²) in [5.74, 6) is 1.54. The van der Waals surface area contributed by atoms with Crippen LogP contribution in [0, 0.1) is 5.92 Å². The molecule has 0 amide bonds. The van der Waals surface area contributed by atoms with Crippen LogP contribution in [0.2, 0.25) is 0 Å². The van der Waals surface area contributed by atoms with Crippen LogP contribution in [-0.4, -0.2) is 19.9 Å². The number of ether oxygens (including phenoxy) is 2. The number of benzene rings is 1. The van der Waals surface area contributed by atoms with E-state index in [-0.39, 0.29) is 12.8 Å². The van der Waals surface area contributed by atoms with Crippen molar-refractivity contribution in [3.63, 3.8) is 0 Å². The zero-order chi connectivity index (χ0) is 14.2. The summed E-state index contributed by atoms with van der Waals surface area (Å²) in [6.45, 7) is 3.22. The highest BCUT2D eigenvalue weighted by Gasteiger charge is 2.22. The van der Waals surface area contributed by atoms with Crippen molar-refractivity contribution in [1.29, 1.82) is 0 Å². The van der Waals surface area contributed by atoms with Crippen LogP contribution in [0.3, 0.4) is 0 Å². The Labute approximate surface area is 121 Å². The average Bonchev–Trinajstić information content (AvgIpc) is 2.49. The van der Waals surface area contributed by atoms with E-state index < -0.39 is 0 Å². The van der Waals surface area contributed by atoms with E-state index in [2.05, 4.69) is 19.1 Å². The van der Waals surface area contributed by atoms with Gasteiger partial charge in [-0.25, -0.2) is 0 Å². The number of rotatable bonds is 7. The summed E-state index contributed by atoms with van der Waals surface area (Å²) < 4.78 is 23.4. The third-order valence-corrected chi connectivity index (χ3v) is 3.87. The van der Waals surface area contributed by atoms with Gasteiger partial charge in [-0.05, 0) is 42.9 Å².